The molecule has 1 aromatic rings. The fourth-order valence-corrected chi connectivity index (χ4v) is 2.60. The maximum absolute atomic E-state index is 13.6. The summed E-state index contributed by atoms with van der Waals surface area (Å²) in [4.78, 5) is -1.27. The Kier molecular flexibility index (Phi) is 2.94. The van der Waals surface area contributed by atoms with Crippen molar-refractivity contribution in [3.8, 4) is 0 Å². The van der Waals surface area contributed by atoms with Gasteiger partial charge in [-0.05, 0) is 24.5 Å². The number of benzene rings is 1. The molecule has 1 aliphatic rings. The zero-order valence-corrected chi connectivity index (χ0v) is 10.3. The first kappa shape index (κ1) is 13.4. The van der Waals surface area contributed by atoms with Crippen LogP contribution in [0.5, 0.6) is 0 Å². The number of sulfone groups is 1. The first-order valence-corrected chi connectivity index (χ1v) is 7.12. The average molecular weight is 280 g/mol. The topological polar surface area (TPSA) is 54.4 Å². The molecular weight excluding hydrogens is 269 g/mol. The Balaban J connectivity index is 2.54. The minimum absolute atomic E-state index is 0.225. The van der Waals surface area contributed by atoms with Crippen molar-refractivity contribution in [1.82, 2.24) is 0 Å². The molecule has 0 saturated heterocycles. The van der Waals surface area contributed by atoms with Gasteiger partial charge < -0.3 is 5.11 Å². The summed E-state index contributed by atoms with van der Waals surface area (Å²) in [6, 6.07) is 0.630. The van der Waals surface area contributed by atoms with Crippen LogP contribution in [-0.2, 0) is 16.3 Å². The van der Waals surface area contributed by atoms with Crippen molar-refractivity contribution in [2.45, 2.75) is 29.8 Å². The summed E-state index contributed by atoms with van der Waals surface area (Å²) in [5.41, 5.74) is -1.47. The van der Waals surface area contributed by atoms with Crippen LogP contribution in [-0.4, -0.2) is 25.4 Å². The van der Waals surface area contributed by atoms with E-state index in [9.17, 15) is 26.7 Å². The Morgan fingerprint density at radius 3 is 2.28 bits per heavy atom. The van der Waals surface area contributed by atoms with E-state index >= 15 is 0 Å². The maximum atomic E-state index is 13.6. The molecule has 0 aromatic heterocycles. The van der Waals surface area contributed by atoms with Gasteiger partial charge in [-0.25, -0.2) is 21.6 Å². The van der Waals surface area contributed by atoms with Crippen LogP contribution in [0.4, 0.5) is 13.2 Å². The molecule has 1 aliphatic carbocycles. The van der Waals surface area contributed by atoms with E-state index in [1.54, 1.807) is 0 Å². The molecule has 7 heteroatoms. The van der Waals surface area contributed by atoms with Crippen molar-refractivity contribution in [2.75, 3.05) is 6.26 Å². The van der Waals surface area contributed by atoms with Crippen molar-refractivity contribution in [3.63, 3.8) is 0 Å². The fourth-order valence-electron chi connectivity index (χ4n) is 1.77. The number of rotatable bonds is 3. The molecule has 1 saturated carbocycles. The van der Waals surface area contributed by atoms with E-state index < -0.39 is 37.8 Å². The van der Waals surface area contributed by atoms with Crippen LogP contribution in [0.2, 0.25) is 0 Å². The molecule has 2 rings (SSSR count). The average Bonchev–Trinajstić information content (AvgIpc) is 2.90. The Labute approximate surface area is 102 Å². The van der Waals surface area contributed by atoms with Gasteiger partial charge in [-0.15, -0.1) is 0 Å². The number of hydrogen-bond acceptors (Lipinski definition) is 3. The first-order chi connectivity index (χ1) is 8.14. The summed E-state index contributed by atoms with van der Waals surface area (Å²) in [5.74, 6) is -4.48. The van der Waals surface area contributed by atoms with E-state index in [0.717, 1.165) is 0 Å². The van der Waals surface area contributed by atoms with Crippen molar-refractivity contribution >= 4 is 9.84 Å². The van der Waals surface area contributed by atoms with Crippen molar-refractivity contribution in [1.29, 1.82) is 0 Å². The van der Waals surface area contributed by atoms with Crippen LogP contribution in [0.3, 0.4) is 0 Å². The molecule has 0 unspecified atom stereocenters. The van der Waals surface area contributed by atoms with E-state index in [-0.39, 0.29) is 12.0 Å². The van der Waals surface area contributed by atoms with Gasteiger partial charge in [0.05, 0.1) is 5.60 Å². The summed E-state index contributed by atoms with van der Waals surface area (Å²) >= 11 is 0. The van der Waals surface area contributed by atoms with Crippen LogP contribution < -0.4 is 0 Å². The summed E-state index contributed by atoms with van der Waals surface area (Å²) in [6.45, 7) is 0. The number of hydrogen-bond donors (Lipinski definition) is 1. The van der Waals surface area contributed by atoms with Gasteiger partial charge in [0.2, 0.25) is 0 Å². The van der Waals surface area contributed by atoms with E-state index in [1.807, 2.05) is 0 Å². The van der Waals surface area contributed by atoms with Crippen LogP contribution in [0.25, 0.3) is 0 Å². The summed E-state index contributed by atoms with van der Waals surface area (Å²) in [5, 5.41) is 9.59. The third kappa shape index (κ3) is 2.37. The molecule has 0 spiro atoms. The molecule has 1 fully saturated rings. The molecular formula is C11H11F3O3S. The van der Waals surface area contributed by atoms with Crippen LogP contribution in [0.15, 0.2) is 11.0 Å². The summed E-state index contributed by atoms with van der Waals surface area (Å²) < 4.78 is 62.9. The second kappa shape index (κ2) is 3.96. The molecule has 3 nitrogen and oxygen atoms in total. The molecule has 0 amide bonds. The Hall–Kier alpha value is -1.08. The largest absolute Gasteiger partial charge is 0.390 e. The molecule has 0 aliphatic heterocycles. The van der Waals surface area contributed by atoms with Gasteiger partial charge >= 0.3 is 0 Å². The summed E-state index contributed by atoms with van der Waals surface area (Å²) in [6.07, 6.45) is 1.24. The minimum Gasteiger partial charge on any atom is -0.390 e. The normalized spacial score (nSPS) is 17.8. The van der Waals surface area contributed by atoms with Gasteiger partial charge in [0.15, 0.2) is 21.5 Å². The smallest absolute Gasteiger partial charge is 0.181 e. The lowest BCUT2D eigenvalue weighted by Crippen LogP contribution is -2.15. The van der Waals surface area contributed by atoms with Crippen LogP contribution in [0.1, 0.15) is 18.4 Å². The van der Waals surface area contributed by atoms with Crippen LogP contribution in [0, 0.1) is 17.5 Å². The van der Waals surface area contributed by atoms with Gasteiger partial charge in [-0.1, -0.05) is 0 Å². The third-order valence-electron chi connectivity index (χ3n) is 2.91. The molecule has 0 heterocycles. The van der Waals surface area contributed by atoms with E-state index in [4.69, 9.17) is 0 Å². The zero-order chi connectivity index (χ0) is 13.7. The first-order valence-electron chi connectivity index (χ1n) is 5.23. The second-order valence-corrected chi connectivity index (χ2v) is 6.60. The Bertz CT molecular complexity index is 606. The van der Waals surface area contributed by atoms with Gasteiger partial charge in [-0.3, -0.25) is 0 Å². The number of halogens is 3. The predicted octanol–water partition coefficient (Wildman–Crippen LogP) is 1.57. The molecule has 0 radical (unpaired) electrons. The van der Waals surface area contributed by atoms with Gasteiger partial charge in [0.1, 0.15) is 10.7 Å². The highest BCUT2D eigenvalue weighted by atomic mass is 32.2. The lowest BCUT2D eigenvalue weighted by atomic mass is 10.1. The Morgan fingerprint density at radius 1 is 1.28 bits per heavy atom. The molecule has 0 bridgehead atoms. The number of aliphatic hydroxyl groups is 1. The molecule has 18 heavy (non-hydrogen) atoms. The molecule has 1 aromatic carbocycles. The monoisotopic (exact) mass is 280 g/mol. The van der Waals surface area contributed by atoms with Gasteiger partial charge in [0.25, 0.3) is 0 Å². The van der Waals surface area contributed by atoms with Gasteiger partial charge in [0, 0.05) is 12.7 Å². The predicted molar refractivity (Wildman–Crippen MR) is 57.3 cm³/mol. The van der Waals surface area contributed by atoms with Crippen molar-refractivity contribution < 1.29 is 26.7 Å². The SMILES string of the molecule is CS(=O)(=O)c1c(F)cc(CC2(O)CC2)c(F)c1F. The van der Waals surface area contributed by atoms with Crippen LogP contribution >= 0.6 is 0 Å². The quantitative estimate of drug-likeness (QED) is 0.855. The third-order valence-corrected chi connectivity index (χ3v) is 4.03. The highest BCUT2D eigenvalue weighted by Gasteiger charge is 2.41. The highest BCUT2D eigenvalue weighted by molar-refractivity contribution is 7.90. The van der Waals surface area contributed by atoms with E-state index in [0.29, 0.717) is 25.2 Å². The molecule has 0 atom stereocenters. The van der Waals surface area contributed by atoms with Crippen molar-refractivity contribution in [3.05, 3.63) is 29.1 Å². The lowest BCUT2D eigenvalue weighted by molar-refractivity contribution is 0.149. The standard InChI is InChI=1S/C11H11F3O3S/c1-18(16,17)10-7(12)4-6(8(13)9(10)14)5-11(15)2-3-11/h4,15H,2-3,5H2,1H3. The molecule has 100 valence electrons. The molecule has 1 N–H and O–H groups in total. The minimum atomic E-state index is -4.18. The highest BCUT2D eigenvalue weighted by Crippen LogP contribution is 2.39. The van der Waals surface area contributed by atoms with E-state index in [2.05, 4.69) is 0 Å². The Morgan fingerprint density at radius 2 is 1.83 bits per heavy atom. The van der Waals surface area contributed by atoms with Crippen molar-refractivity contribution in [2.24, 2.45) is 0 Å². The fraction of sp³-hybridized carbons (Fsp3) is 0.455. The summed E-state index contributed by atoms with van der Waals surface area (Å²) in [7, 11) is -4.18. The zero-order valence-electron chi connectivity index (χ0n) is 9.50. The second-order valence-electron chi connectivity index (χ2n) is 4.65. The van der Waals surface area contributed by atoms with Gasteiger partial charge in [-0.2, -0.15) is 0 Å². The lowest BCUT2D eigenvalue weighted by Gasteiger charge is -2.11. The maximum Gasteiger partial charge on any atom is 0.181 e. The van der Waals surface area contributed by atoms with E-state index in [1.165, 1.54) is 0 Å².